The monoisotopic (exact) mass is 869 g/mol. The van der Waals surface area contributed by atoms with Crippen LogP contribution < -0.4 is 0 Å². The van der Waals surface area contributed by atoms with E-state index < -0.39 is 6.10 Å². The first kappa shape index (κ1) is 59.5. The maximum Gasteiger partial charge on any atom is 0.306 e. The average Bonchev–Trinajstić information content (AvgIpc) is 3.29. The van der Waals surface area contributed by atoms with Gasteiger partial charge >= 0.3 is 5.97 Å². The number of allylic oxidation sites excluding steroid dienone is 22. The minimum atomic E-state index is -0.557. The molecule has 1 atom stereocenters. The SMILES string of the molecule is CC/C=C\C/C=C\C/C=C\C/C=C\C/C=C\C/C=C\CCCCCCCCC(=O)OC(CO)COCCCCCCCCCCCC/C=C\C/C=C\C/C=C\C/C=C\C/C=C\CC. The molecule has 0 radical (unpaired) electrons. The number of unbranched alkanes of at least 4 members (excludes halogenated alkanes) is 16. The third-order valence-corrected chi connectivity index (χ3v) is 10.5. The molecule has 1 unspecified atom stereocenters. The van der Waals surface area contributed by atoms with Crippen LogP contribution in [-0.2, 0) is 14.3 Å². The summed E-state index contributed by atoms with van der Waals surface area (Å²) in [6.07, 6.45) is 82.5. The molecule has 0 aliphatic heterocycles. The Bertz CT molecular complexity index is 1290. The highest BCUT2D eigenvalue weighted by Crippen LogP contribution is 2.13. The Hall–Kier alpha value is -3.47. The number of carbonyl (C=O) groups excluding carboxylic acids is 1. The summed E-state index contributed by atoms with van der Waals surface area (Å²) >= 11 is 0. The quantitative estimate of drug-likeness (QED) is 0.0376. The first-order valence-electron chi connectivity index (χ1n) is 25.8. The van der Waals surface area contributed by atoms with Crippen LogP contribution in [0.4, 0.5) is 0 Å². The number of carbonyl (C=O) groups is 1. The van der Waals surface area contributed by atoms with E-state index in [0.717, 1.165) is 103 Å². The normalized spacial score (nSPS) is 13.5. The van der Waals surface area contributed by atoms with E-state index in [1.165, 1.54) is 83.5 Å². The predicted molar refractivity (Wildman–Crippen MR) is 278 cm³/mol. The van der Waals surface area contributed by atoms with Crippen molar-refractivity contribution in [3.63, 3.8) is 0 Å². The fraction of sp³-hybridized carbons (Fsp3) is 0.610. The molecule has 0 aliphatic carbocycles. The maximum absolute atomic E-state index is 12.3. The molecule has 4 heteroatoms. The van der Waals surface area contributed by atoms with E-state index in [0.29, 0.717) is 13.0 Å². The summed E-state index contributed by atoms with van der Waals surface area (Å²) in [5, 5.41) is 9.66. The largest absolute Gasteiger partial charge is 0.457 e. The molecule has 4 nitrogen and oxygen atoms in total. The number of aliphatic hydroxyl groups is 1. The number of rotatable bonds is 46. The zero-order valence-electron chi connectivity index (χ0n) is 40.8. The van der Waals surface area contributed by atoms with E-state index in [-0.39, 0.29) is 19.2 Å². The smallest absolute Gasteiger partial charge is 0.306 e. The van der Waals surface area contributed by atoms with E-state index in [1.807, 2.05) is 0 Å². The summed E-state index contributed by atoms with van der Waals surface area (Å²) in [6.45, 7) is 5.08. The van der Waals surface area contributed by atoms with Crippen LogP contribution >= 0.6 is 0 Å². The number of aliphatic hydroxyl groups excluding tert-OH is 1. The van der Waals surface area contributed by atoms with Crippen molar-refractivity contribution in [1.29, 1.82) is 0 Å². The lowest BCUT2D eigenvalue weighted by Gasteiger charge is -2.15. The highest BCUT2D eigenvalue weighted by atomic mass is 16.6. The number of hydrogen-bond acceptors (Lipinski definition) is 4. The van der Waals surface area contributed by atoms with E-state index in [9.17, 15) is 9.90 Å². The van der Waals surface area contributed by atoms with Crippen LogP contribution in [0.3, 0.4) is 0 Å². The molecule has 0 amide bonds. The molecule has 0 bridgehead atoms. The molecular weight excluding hydrogens is 773 g/mol. The highest BCUT2D eigenvalue weighted by Gasteiger charge is 2.13. The number of ether oxygens (including phenoxy) is 2. The minimum Gasteiger partial charge on any atom is -0.457 e. The van der Waals surface area contributed by atoms with Crippen LogP contribution in [0, 0.1) is 0 Å². The molecule has 63 heavy (non-hydrogen) atoms. The van der Waals surface area contributed by atoms with Gasteiger partial charge in [-0.15, -0.1) is 0 Å². The maximum atomic E-state index is 12.3. The Kier molecular flexibility index (Phi) is 51.7. The predicted octanol–water partition coefficient (Wildman–Crippen LogP) is 17.8. The molecule has 0 rings (SSSR count). The second-order valence-electron chi connectivity index (χ2n) is 16.5. The Morgan fingerprint density at radius 2 is 0.667 bits per heavy atom. The Balaban J connectivity index is 3.53. The van der Waals surface area contributed by atoms with Crippen molar-refractivity contribution < 1.29 is 19.4 Å². The van der Waals surface area contributed by atoms with E-state index >= 15 is 0 Å². The summed E-state index contributed by atoms with van der Waals surface area (Å²) in [5.74, 6) is -0.222. The zero-order valence-corrected chi connectivity index (χ0v) is 40.8. The molecule has 0 saturated heterocycles. The summed E-state index contributed by atoms with van der Waals surface area (Å²) < 4.78 is 11.2. The van der Waals surface area contributed by atoms with Gasteiger partial charge in [0.1, 0.15) is 6.10 Å². The van der Waals surface area contributed by atoms with E-state index in [2.05, 4.69) is 148 Å². The summed E-state index contributed by atoms with van der Waals surface area (Å²) in [4.78, 5) is 12.3. The third-order valence-electron chi connectivity index (χ3n) is 10.5. The summed E-state index contributed by atoms with van der Waals surface area (Å²) in [7, 11) is 0. The molecule has 0 aromatic rings. The van der Waals surface area contributed by atoms with E-state index in [4.69, 9.17) is 9.47 Å². The van der Waals surface area contributed by atoms with Crippen molar-refractivity contribution >= 4 is 5.97 Å². The Morgan fingerprint density at radius 3 is 1.00 bits per heavy atom. The van der Waals surface area contributed by atoms with Gasteiger partial charge in [0.15, 0.2) is 0 Å². The zero-order chi connectivity index (χ0) is 45.5. The summed E-state index contributed by atoms with van der Waals surface area (Å²) in [6, 6.07) is 0. The highest BCUT2D eigenvalue weighted by molar-refractivity contribution is 5.69. The minimum absolute atomic E-state index is 0.189. The van der Waals surface area contributed by atoms with Gasteiger partial charge in [-0.1, -0.05) is 225 Å². The molecule has 356 valence electrons. The molecule has 0 saturated carbocycles. The van der Waals surface area contributed by atoms with Gasteiger partial charge in [0.05, 0.1) is 13.2 Å². The standard InChI is InChI=1S/C59H96O4/c1-3-5-7-9-11-13-15-17-19-21-23-25-27-29-31-33-35-37-39-41-43-45-47-49-51-53-55-62-57-58(56-60)63-59(61)54-52-50-48-46-44-42-40-38-36-34-32-30-28-26-24-22-20-18-16-14-12-10-8-6-4-2/h5-8,11-14,17-20,23-26,29-32,36,38,58,60H,3-4,9-10,15-16,21-22,27-28,33-35,37,39-57H2,1-2H3/b7-5-,8-6-,13-11-,14-12-,19-17-,20-18-,25-23-,26-24-,31-29-,32-30-,38-36-. The van der Waals surface area contributed by atoms with Gasteiger partial charge in [0, 0.05) is 13.0 Å². The number of esters is 1. The molecule has 0 aromatic carbocycles. The van der Waals surface area contributed by atoms with Gasteiger partial charge in [0.2, 0.25) is 0 Å². The topological polar surface area (TPSA) is 55.8 Å². The van der Waals surface area contributed by atoms with Crippen LogP contribution in [0.1, 0.15) is 206 Å². The third kappa shape index (κ3) is 52.8. The second kappa shape index (κ2) is 54.7. The van der Waals surface area contributed by atoms with Crippen LogP contribution in [0.5, 0.6) is 0 Å². The molecule has 1 N–H and O–H groups in total. The van der Waals surface area contributed by atoms with Gasteiger partial charge < -0.3 is 14.6 Å². The lowest BCUT2D eigenvalue weighted by Crippen LogP contribution is -2.27. The summed E-state index contributed by atoms with van der Waals surface area (Å²) in [5.41, 5.74) is 0. The van der Waals surface area contributed by atoms with Gasteiger partial charge in [-0.25, -0.2) is 0 Å². The lowest BCUT2D eigenvalue weighted by atomic mass is 10.1. The van der Waals surface area contributed by atoms with Crippen molar-refractivity contribution in [2.24, 2.45) is 0 Å². The van der Waals surface area contributed by atoms with Crippen molar-refractivity contribution in [2.75, 3.05) is 19.8 Å². The van der Waals surface area contributed by atoms with E-state index in [1.54, 1.807) is 0 Å². The van der Waals surface area contributed by atoms with Crippen LogP contribution in [0.15, 0.2) is 134 Å². The molecule has 0 heterocycles. The van der Waals surface area contributed by atoms with Gasteiger partial charge in [-0.05, 0) is 109 Å². The first-order chi connectivity index (χ1) is 31.2. The Morgan fingerprint density at radius 1 is 0.381 bits per heavy atom. The molecular formula is C59H96O4. The van der Waals surface area contributed by atoms with Gasteiger partial charge in [0.25, 0.3) is 0 Å². The molecule has 0 aliphatic rings. The molecule has 0 aromatic heterocycles. The lowest BCUT2D eigenvalue weighted by molar-refractivity contribution is -0.154. The Labute approximate surface area is 390 Å². The van der Waals surface area contributed by atoms with Gasteiger partial charge in [-0.2, -0.15) is 0 Å². The van der Waals surface area contributed by atoms with Crippen LogP contribution in [0.25, 0.3) is 0 Å². The van der Waals surface area contributed by atoms with Crippen molar-refractivity contribution in [2.45, 2.75) is 213 Å². The molecule has 0 spiro atoms. The fourth-order valence-electron chi connectivity index (χ4n) is 6.71. The number of hydrogen-bond donors (Lipinski definition) is 1. The van der Waals surface area contributed by atoms with Crippen LogP contribution in [0.2, 0.25) is 0 Å². The van der Waals surface area contributed by atoms with Crippen molar-refractivity contribution in [3.05, 3.63) is 134 Å². The van der Waals surface area contributed by atoms with Crippen molar-refractivity contribution in [1.82, 2.24) is 0 Å². The van der Waals surface area contributed by atoms with Gasteiger partial charge in [-0.3, -0.25) is 4.79 Å². The average molecular weight is 869 g/mol. The fourth-order valence-corrected chi connectivity index (χ4v) is 6.71. The van der Waals surface area contributed by atoms with Crippen LogP contribution in [-0.4, -0.2) is 37.0 Å². The molecule has 0 fully saturated rings. The second-order valence-corrected chi connectivity index (χ2v) is 16.5. The van der Waals surface area contributed by atoms with Crippen molar-refractivity contribution in [3.8, 4) is 0 Å². The first-order valence-corrected chi connectivity index (χ1v) is 25.8.